The lowest BCUT2D eigenvalue weighted by molar-refractivity contribution is 0.0236. The zero-order valence-corrected chi connectivity index (χ0v) is 16.9. The second-order valence-electron chi connectivity index (χ2n) is 7.03. The summed E-state index contributed by atoms with van der Waals surface area (Å²) in [6.45, 7) is 8.85. The molecular formula is C21H24ClN6O. The highest BCUT2D eigenvalue weighted by Gasteiger charge is 2.26. The lowest BCUT2D eigenvalue weighted by Crippen LogP contribution is -2.49. The molecule has 29 heavy (non-hydrogen) atoms. The van der Waals surface area contributed by atoms with Crippen molar-refractivity contribution in [2.75, 3.05) is 39.3 Å². The molecule has 1 atom stereocenters. The van der Waals surface area contributed by atoms with Crippen LogP contribution in [0, 0.1) is 6.92 Å². The largest absolute Gasteiger partial charge is 0.379 e. The minimum atomic E-state index is 0.224. The van der Waals surface area contributed by atoms with E-state index in [9.17, 15) is 0 Å². The van der Waals surface area contributed by atoms with Crippen LogP contribution in [-0.4, -0.2) is 69.5 Å². The predicted octanol–water partition coefficient (Wildman–Crippen LogP) is 2.34. The quantitative estimate of drug-likeness (QED) is 0.594. The highest BCUT2D eigenvalue weighted by molar-refractivity contribution is 6.30. The van der Waals surface area contributed by atoms with E-state index in [-0.39, 0.29) is 6.04 Å². The van der Waals surface area contributed by atoms with E-state index in [0.29, 0.717) is 12.4 Å². The molecule has 1 fully saturated rings. The fraction of sp³-hybridized carbons (Fsp3) is 0.333. The minimum absolute atomic E-state index is 0.224. The van der Waals surface area contributed by atoms with Gasteiger partial charge in [0.25, 0.3) is 0 Å². The Morgan fingerprint density at radius 3 is 2.31 bits per heavy atom. The summed E-state index contributed by atoms with van der Waals surface area (Å²) >= 11 is 6.11. The van der Waals surface area contributed by atoms with E-state index in [1.54, 1.807) is 0 Å². The van der Waals surface area contributed by atoms with Crippen LogP contribution >= 0.6 is 11.6 Å². The van der Waals surface area contributed by atoms with Gasteiger partial charge in [-0.1, -0.05) is 59.2 Å². The Hall–Kier alpha value is -2.48. The van der Waals surface area contributed by atoms with Crippen LogP contribution in [0.2, 0.25) is 5.02 Å². The molecule has 3 aromatic rings. The zero-order valence-electron chi connectivity index (χ0n) is 16.2. The van der Waals surface area contributed by atoms with Crippen LogP contribution < -0.4 is 4.84 Å². The van der Waals surface area contributed by atoms with E-state index in [1.165, 1.54) is 11.1 Å². The highest BCUT2D eigenvalue weighted by atomic mass is 35.5. The predicted molar refractivity (Wildman–Crippen MR) is 111 cm³/mol. The monoisotopic (exact) mass is 411 g/mol. The molecule has 0 spiro atoms. The molecule has 1 aliphatic heterocycles. The van der Waals surface area contributed by atoms with Crippen molar-refractivity contribution in [2.24, 2.45) is 0 Å². The summed E-state index contributed by atoms with van der Waals surface area (Å²) in [5.41, 5.74) is 2.56. The molecule has 0 aliphatic carbocycles. The van der Waals surface area contributed by atoms with Crippen LogP contribution in [0.3, 0.4) is 0 Å². The molecular weight excluding hydrogens is 388 g/mol. The second kappa shape index (κ2) is 9.35. The van der Waals surface area contributed by atoms with Crippen LogP contribution in [0.1, 0.15) is 23.0 Å². The van der Waals surface area contributed by atoms with Gasteiger partial charge < -0.3 is 4.84 Å². The van der Waals surface area contributed by atoms with Crippen molar-refractivity contribution < 1.29 is 4.84 Å². The number of hydrogen-bond donors (Lipinski definition) is 0. The first-order chi connectivity index (χ1) is 14.2. The molecule has 8 heteroatoms. The molecule has 7 nitrogen and oxygen atoms in total. The Balaban J connectivity index is 1.37. The summed E-state index contributed by atoms with van der Waals surface area (Å²) < 4.78 is 0. The molecule has 4 rings (SSSR count). The van der Waals surface area contributed by atoms with Crippen LogP contribution in [0.15, 0.2) is 54.6 Å². The lowest BCUT2D eigenvalue weighted by Gasteiger charge is -2.39. The number of benzene rings is 2. The van der Waals surface area contributed by atoms with Gasteiger partial charge in [0.15, 0.2) is 5.82 Å². The van der Waals surface area contributed by atoms with Crippen LogP contribution in [0.25, 0.3) is 0 Å². The van der Waals surface area contributed by atoms with E-state index < -0.39 is 0 Å². The first-order valence-electron chi connectivity index (χ1n) is 9.71. The Morgan fingerprint density at radius 1 is 0.966 bits per heavy atom. The molecule has 151 valence electrons. The molecule has 2 heterocycles. The van der Waals surface area contributed by atoms with E-state index in [4.69, 9.17) is 16.4 Å². The molecule has 0 N–H and O–H groups in total. The average Bonchev–Trinajstić information content (AvgIpc) is 3.17. The van der Waals surface area contributed by atoms with Gasteiger partial charge in [0, 0.05) is 49.6 Å². The highest BCUT2D eigenvalue weighted by Crippen LogP contribution is 2.30. The summed E-state index contributed by atoms with van der Waals surface area (Å²) in [5.74, 6) is 0.354. The Morgan fingerprint density at radius 2 is 1.66 bits per heavy atom. The maximum absolute atomic E-state index is 6.11. The van der Waals surface area contributed by atoms with Crippen molar-refractivity contribution in [2.45, 2.75) is 6.04 Å². The molecule has 0 amide bonds. The first kappa shape index (κ1) is 19.8. The molecule has 0 bridgehead atoms. The van der Waals surface area contributed by atoms with Crippen molar-refractivity contribution in [3.63, 3.8) is 0 Å². The Labute approximate surface area is 175 Å². The third kappa shape index (κ3) is 5.12. The van der Waals surface area contributed by atoms with E-state index in [1.807, 2.05) is 12.1 Å². The molecule has 2 aromatic carbocycles. The number of hydrogen-bond acceptors (Lipinski definition) is 6. The summed E-state index contributed by atoms with van der Waals surface area (Å²) in [6.07, 6.45) is 0. The minimum Gasteiger partial charge on any atom is -0.379 e. The molecule has 1 aliphatic rings. The van der Waals surface area contributed by atoms with Gasteiger partial charge in [0.1, 0.15) is 6.61 Å². The number of tetrazole rings is 1. The van der Waals surface area contributed by atoms with E-state index in [2.05, 4.69) is 74.6 Å². The van der Waals surface area contributed by atoms with Gasteiger partial charge in [-0.2, -0.15) is 0 Å². The number of aromatic nitrogens is 4. The molecule has 1 saturated heterocycles. The van der Waals surface area contributed by atoms with Crippen molar-refractivity contribution in [1.29, 1.82) is 0 Å². The zero-order chi connectivity index (χ0) is 20.1. The molecule has 0 saturated carbocycles. The number of halogens is 1. The van der Waals surface area contributed by atoms with Crippen LogP contribution in [-0.2, 0) is 0 Å². The van der Waals surface area contributed by atoms with Gasteiger partial charge in [-0.25, -0.2) is 0 Å². The summed E-state index contributed by atoms with van der Waals surface area (Å²) in [6, 6.07) is 19.1. The van der Waals surface area contributed by atoms with Gasteiger partial charge in [0.05, 0.1) is 6.04 Å². The maximum atomic E-state index is 6.11. The van der Waals surface area contributed by atoms with E-state index >= 15 is 0 Å². The number of rotatable bonds is 7. The Kier molecular flexibility index (Phi) is 6.39. The first-order valence-corrected chi connectivity index (χ1v) is 10.1. The second-order valence-corrected chi connectivity index (χ2v) is 7.47. The third-order valence-corrected chi connectivity index (χ3v) is 5.38. The van der Waals surface area contributed by atoms with Crippen molar-refractivity contribution in [3.8, 4) is 0 Å². The summed E-state index contributed by atoms with van der Waals surface area (Å²) in [5, 5.41) is 12.1. The third-order valence-electron chi connectivity index (χ3n) is 5.13. The van der Waals surface area contributed by atoms with Crippen molar-refractivity contribution in [1.82, 2.24) is 30.2 Å². The molecule has 1 unspecified atom stereocenters. The Bertz CT molecular complexity index is 893. The normalized spacial score (nSPS) is 16.6. The number of piperazine rings is 1. The van der Waals surface area contributed by atoms with Crippen LogP contribution in [0.4, 0.5) is 0 Å². The maximum Gasteiger partial charge on any atom is 0.178 e. The van der Waals surface area contributed by atoms with Gasteiger partial charge in [0.2, 0.25) is 0 Å². The van der Waals surface area contributed by atoms with Gasteiger partial charge in [-0.15, -0.1) is 5.10 Å². The number of nitrogens with zero attached hydrogens (tertiary/aromatic N) is 6. The summed E-state index contributed by atoms with van der Waals surface area (Å²) in [4.78, 5) is 11.5. The molecule has 1 aromatic heterocycles. The van der Waals surface area contributed by atoms with Crippen LogP contribution in [0.5, 0.6) is 0 Å². The summed E-state index contributed by atoms with van der Waals surface area (Å²) in [7, 11) is 0. The molecule has 1 radical (unpaired) electrons. The van der Waals surface area contributed by atoms with E-state index in [0.717, 1.165) is 42.7 Å². The fourth-order valence-corrected chi connectivity index (χ4v) is 3.80. The average molecular weight is 412 g/mol. The van der Waals surface area contributed by atoms with Gasteiger partial charge in [-0.3, -0.25) is 9.80 Å². The van der Waals surface area contributed by atoms with Gasteiger partial charge >= 0.3 is 0 Å². The topological polar surface area (TPSA) is 59.3 Å². The van der Waals surface area contributed by atoms with Crippen molar-refractivity contribution >= 4 is 11.6 Å². The fourth-order valence-electron chi connectivity index (χ4n) is 3.67. The smallest absolute Gasteiger partial charge is 0.178 e. The standard InChI is InChI=1S/C21H24ClN6O/c1-17-23-25-28(24-17)29-16-15-26-11-13-27(14-12-26)21(18-5-3-2-4-6-18)19-7-9-20(22)10-8-19/h2-10,21H,1,11-16H2. The van der Waals surface area contributed by atoms with Gasteiger partial charge in [-0.05, 0) is 28.5 Å². The SMILES string of the molecule is [CH2]c1nnn(OCCN2CCN(C(c3ccccc3)c3ccc(Cl)cc3)CC2)n1. The van der Waals surface area contributed by atoms with Crippen molar-refractivity contribution in [3.05, 3.63) is 83.5 Å². The lowest BCUT2D eigenvalue weighted by atomic mass is 9.96.